The number of aromatic hydroxyl groups is 1. The summed E-state index contributed by atoms with van der Waals surface area (Å²) in [4.78, 5) is 70.7. The molecule has 4 amide bonds. The molecule has 1 aromatic carbocycles. The summed E-state index contributed by atoms with van der Waals surface area (Å²) in [5.74, 6) is -6.83. The average molecular weight is 511 g/mol. The zero-order valence-electron chi connectivity index (χ0n) is 19.0. The number of hydrogen-bond donors (Lipinski definition) is 9. The van der Waals surface area contributed by atoms with Crippen molar-refractivity contribution in [1.29, 1.82) is 0 Å². The monoisotopic (exact) mass is 511 g/mol. The lowest BCUT2D eigenvalue weighted by Crippen LogP contribution is -2.58. The summed E-state index contributed by atoms with van der Waals surface area (Å²) in [7, 11) is 0. The van der Waals surface area contributed by atoms with Gasteiger partial charge in [-0.05, 0) is 24.1 Å². The van der Waals surface area contributed by atoms with Crippen LogP contribution in [0.1, 0.15) is 24.8 Å². The van der Waals surface area contributed by atoms with Gasteiger partial charge in [0.1, 0.15) is 23.9 Å². The van der Waals surface area contributed by atoms with Gasteiger partial charge < -0.3 is 47.8 Å². The standard InChI is InChI=1S/C21H29N5O10/c22-12(5-6-16(23)29)18(32)24-13(7-10-1-3-11(28)4-2-10)19(33)26-15(9-27)20(34)25-14(21(35)36)8-17(30)31/h1-4,12-15,27-28H,5-9,22H2,(H2,23,29)(H,24,32)(H,25,34)(H,26,33)(H,30,31)(H,35,36). The fourth-order valence-corrected chi connectivity index (χ4v) is 2.90. The number of hydrogen-bond acceptors (Lipinski definition) is 9. The third kappa shape index (κ3) is 10.4. The lowest BCUT2D eigenvalue weighted by atomic mass is 10.0. The molecule has 0 heterocycles. The Morgan fingerprint density at radius 1 is 0.833 bits per heavy atom. The Kier molecular flexibility index (Phi) is 11.8. The summed E-state index contributed by atoms with van der Waals surface area (Å²) in [5.41, 5.74) is 11.3. The van der Waals surface area contributed by atoms with Crippen LogP contribution in [0.15, 0.2) is 24.3 Å². The number of carbonyl (C=O) groups is 6. The molecule has 0 aliphatic rings. The van der Waals surface area contributed by atoms with E-state index in [1.807, 2.05) is 5.32 Å². The fraction of sp³-hybridized carbons (Fsp3) is 0.429. The van der Waals surface area contributed by atoms with Gasteiger partial charge in [-0.2, -0.15) is 0 Å². The Hall–Kier alpha value is -4.24. The molecule has 36 heavy (non-hydrogen) atoms. The van der Waals surface area contributed by atoms with Gasteiger partial charge in [-0.15, -0.1) is 0 Å². The average Bonchev–Trinajstić information content (AvgIpc) is 2.80. The second kappa shape index (κ2) is 14.2. The van der Waals surface area contributed by atoms with Crippen molar-refractivity contribution < 1.29 is 49.2 Å². The summed E-state index contributed by atoms with van der Waals surface area (Å²) in [6.45, 7) is -0.977. The molecule has 15 nitrogen and oxygen atoms in total. The van der Waals surface area contributed by atoms with Crippen LogP contribution in [-0.4, -0.2) is 86.8 Å². The van der Waals surface area contributed by atoms with Crippen molar-refractivity contribution in [3.8, 4) is 5.75 Å². The Bertz CT molecular complexity index is 968. The van der Waals surface area contributed by atoms with Gasteiger partial charge in [0.2, 0.25) is 23.6 Å². The van der Waals surface area contributed by atoms with E-state index in [1.54, 1.807) is 0 Å². The number of nitrogens with two attached hydrogens (primary N) is 2. The predicted molar refractivity (Wildman–Crippen MR) is 121 cm³/mol. The molecule has 4 atom stereocenters. The maximum atomic E-state index is 12.9. The minimum atomic E-state index is -1.82. The number of carbonyl (C=O) groups excluding carboxylic acids is 4. The molecule has 0 aliphatic heterocycles. The Balaban J connectivity index is 3.02. The van der Waals surface area contributed by atoms with Crippen molar-refractivity contribution in [3.05, 3.63) is 29.8 Å². The molecule has 11 N–H and O–H groups in total. The highest BCUT2D eigenvalue weighted by atomic mass is 16.4. The fourth-order valence-electron chi connectivity index (χ4n) is 2.90. The third-order valence-electron chi connectivity index (χ3n) is 4.86. The van der Waals surface area contributed by atoms with E-state index < -0.39 is 72.8 Å². The second-order valence-corrected chi connectivity index (χ2v) is 7.78. The summed E-state index contributed by atoms with van der Waals surface area (Å²) >= 11 is 0. The Labute approximate surface area is 204 Å². The number of aliphatic carboxylic acids is 2. The number of carboxylic acid groups (broad SMARTS) is 2. The molecular formula is C21H29N5O10. The number of phenols is 1. The molecule has 1 rings (SSSR count). The number of carboxylic acids is 2. The van der Waals surface area contributed by atoms with Crippen molar-refractivity contribution in [1.82, 2.24) is 16.0 Å². The minimum absolute atomic E-state index is 0.0522. The van der Waals surface area contributed by atoms with Crippen LogP contribution in [0.3, 0.4) is 0 Å². The van der Waals surface area contributed by atoms with E-state index in [1.165, 1.54) is 24.3 Å². The van der Waals surface area contributed by atoms with Crippen molar-refractivity contribution >= 4 is 35.6 Å². The molecule has 0 aliphatic carbocycles. The normalized spacial score (nSPS) is 13.9. The smallest absolute Gasteiger partial charge is 0.326 e. The van der Waals surface area contributed by atoms with Crippen molar-refractivity contribution in [2.75, 3.05) is 6.61 Å². The molecule has 0 spiro atoms. The largest absolute Gasteiger partial charge is 0.508 e. The van der Waals surface area contributed by atoms with Crippen molar-refractivity contribution in [3.63, 3.8) is 0 Å². The first-order chi connectivity index (χ1) is 16.8. The number of aliphatic hydroxyl groups is 1. The highest BCUT2D eigenvalue weighted by Crippen LogP contribution is 2.12. The van der Waals surface area contributed by atoms with Gasteiger partial charge >= 0.3 is 11.9 Å². The van der Waals surface area contributed by atoms with Gasteiger partial charge in [0.05, 0.1) is 19.1 Å². The molecule has 198 valence electrons. The van der Waals surface area contributed by atoms with Crippen LogP contribution in [-0.2, 0) is 35.2 Å². The molecule has 0 bridgehead atoms. The van der Waals surface area contributed by atoms with Crippen LogP contribution in [0.4, 0.5) is 0 Å². The quantitative estimate of drug-likeness (QED) is 0.112. The van der Waals surface area contributed by atoms with E-state index in [0.717, 1.165) is 0 Å². The number of amides is 4. The number of nitrogens with one attached hydrogen (secondary N) is 3. The molecule has 0 aromatic heterocycles. The second-order valence-electron chi connectivity index (χ2n) is 7.78. The van der Waals surface area contributed by atoms with E-state index in [2.05, 4.69) is 10.6 Å². The first kappa shape index (κ1) is 29.8. The molecule has 0 fully saturated rings. The van der Waals surface area contributed by atoms with Gasteiger partial charge in [-0.1, -0.05) is 12.1 Å². The van der Waals surface area contributed by atoms with Crippen LogP contribution in [0.25, 0.3) is 0 Å². The summed E-state index contributed by atoms with van der Waals surface area (Å²) < 4.78 is 0. The SMILES string of the molecule is NC(=O)CCC(N)C(=O)NC(Cc1ccc(O)cc1)C(=O)NC(CO)C(=O)NC(CC(=O)O)C(=O)O. The lowest BCUT2D eigenvalue weighted by molar-refractivity contribution is -0.147. The van der Waals surface area contributed by atoms with Crippen LogP contribution in [0, 0.1) is 0 Å². The van der Waals surface area contributed by atoms with E-state index in [9.17, 15) is 39.0 Å². The minimum Gasteiger partial charge on any atom is -0.508 e. The van der Waals surface area contributed by atoms with E-state index in [4.69, 9.17) is 21.7 Å². The van der Waals surface area contributed by atoms with Gasteiger partial charge in [-0.25, -0.2) is 4.79 Å². The van der Waals surface area contributed by atoms with Gasteiger partial charge in [0, 0.05) is 12.8 Å². The van der Waals surface area contributed by atoms with Crippen LogP contribution < -0.4 is 27.4 Å². The van der Waals surface area contributed by atoms with E-state index in [0.29, 0.717) is 5.56 Å². The molecule has 1 aromatic rings. The summed E-state index contributed by atoms with van der Waals surface area (Å²) in [5, 5.41) is 43.3. The molecule has 4 unspecified atom stereocenters. The van der Waals surface area contributed by atoms with Crippen molar-refractivity contribution in [2.45, 2.75) is 49.9 Å². The first-order valence-electron chi connectivity index (χ1n) is 10.6. The van der Waals surface area contributed by atoms with Crippen LogP contribution in [0.2, 0.25) is 0 Å². The van der Waals surface area contributed by atoms with Crippen LogP contribution >= 0.6 is 0 Å². The lowest BCUT2D eigenvalue weighted by Gasteiger charge is -2.24. The molecule has 0 radical (unpaired) electrons. The maximum absolute atomic E-state index is 12.9. The highest BCUT2D eigenvalue weighted by Gasteiger charge is 2.31. The zero-order chi connectivity index (χ0) is 27.4. The van der Waals surface area contributed by atoms with Gasteiger partial charge in [-0.3, -0.25) is 24.0 Å². The molecular weight excluding hydrogens is 482 g/mol. The Morgan fingerprint density at radius 3 is 1.86 bits per heavy atom. The zero-order valence-corrected chi connectivity index (χ0v) is 19.0. The summed E-state index contributed by atoms with van der Waals surface area (Å²) in [6.07, 6.45) is -1.37. The number of primary amides is 1. The Morgan fingerprint density at radius 2 is 1.36 bits per heavy atom. The van der Waals surface area contributed by atoms with Crippen LogP contribution in [0.5, 0.6) is 5.75 Å². The van der Waals surface area contributed by atoms with Crippen molar-refractivity contribution in [2.24, 2.45) is 11.5 Å². The molecule has 0 saturated carbocycles. The first-order valence-corrected chi connectivity index (χ1v) is 10.6. The van der Waals surface area contributed by atoms with E-state index in [-0.39, 0.29) is 25.0 Å². The van der Waals surface area contributed by atoms with Gasteiger partial charge in [0.15, 0.2) is 0 Å². The maximum Gasteiger partial charge on any atom is 0.326 e. The van der Waals surface area contributed by atoms with Gasteiger partial charge in [0.25, 0.3) is 0 Å². The molecule has 15 heteroatoms. The summed E-state index contributed by atoms with van der Waals surface area (Å²) in [6, 6.07) is -0.447. The number of benzene rings is 1. The number of rotatable bonds is 15. The molecule has 0 saturated heterocycles. The predicted octanol–water partition coefficient (Wildman–Crippen LogP) is -3.47. The topological polar surface area (TPSA) is 271 Å². The highest BCUT2D eigenvalue weighted by molar-refractivity contribution is 5.95. The van der Waals surface area contributed by atoms with E-state index >= 15 is 0 Å². The number of aliphatic hydroxyl groups excluding tert-OH is 1. The third-order valence-corrected chi connectivity index (χ3v) is 4.86. The number of phenolic OH excluding ortho intramolecular Hbond substituents is 1.